The van der Waals surface area contributed by atoms with E-state index in [9.17, 15) is 5.26 Å². The predicted octanol–water partition coefficient (Wildman–Crippen LogP) is 11.6. The van der Waals surface area contributed by atoms with Crippen LogP contribution in [0.15, 0.2) is 170 Å². The minimum atomic E-state index is 0.644. The fraction of sp³-hybridized carbons (Fsp3) is 0. The molecule has 0 amide bonds. The van der Waals surface area contributed by atoms with E-state index in [0.29, 0.717) is 5.56 Å². The lowest BCUT2D eigenvalue weighted by molar-refractivity contribution is 1.41. The Morgan fingerprint density at radius 1 is 0.370 bits per heavy atom. The molecular formula is C44H28N2. The molecule has 0 saturated carbocycles. The van der Waals surface area contributed by atoms with Gasteiger partial charge in [-0.05, 0) is 74.2 Å². The van der Waals surface area contributed by atoms with Crippen molar-refractivity contribution in [2.45, 2.75) is 0 Å². The first-order valence-corrected chi connectivity index (χ1v) is 15.4. The largest absolute Gasteiger partial charge is 0.247 e. The first-order valence-electron chi connectivity index (χ1n) is 15.4. The summed E-state index contributed by atoms with van der Waals surface area (Å²) in [5.41, 5.74) is 12.7. The highest BCUT2D eigenvalue weighted by Gasteiger charge is 2.16. The quantitative estimate of drug-likeness (QED) is 0.189. The van der Waals surface area contributed by atoms with Crippen molar-refractivity contribution in [1.82, 2.24) is 4.98 Å². The average molecular weight is 585 g/mol. The van der Waals surface area contributed by atoms with Crippen LogP contribution in [-0.4, -0.2) is 4.98 Å². The summed E-state index contributed by atoms with van der Waals surface area (Å²) in [6.07, 6.45) is 0. The van der Waals surface area contributed by atoms with Crippen LogP contribution in [0.1, 0.15) is 5.56 Å². The van der Waals surface area contributed by atoms with Crippen molar-refractivity contribution in [2.24, 2.45) is 0 Å². The second-order valence-electron chi connectivity index (χ2n) is 11.5. The molecule has 8 rings (SSSR count). The summed E-state index contributed by atoms with van der Waals surface area (Å²) in [5.74, 6) is 0. The number of aromatic nitrogens is 1. The lowest BCUT2D eigenvalue weighted by Gasteiger charge is -2.16. The van der Waals surface area contributed by atoms with E-state index < -0.39 is 0 Å². The molecule has 1 heterocycles. The molecule has 0 radical (unpaired) electrons. The molecule has 0 saturated heterocycles. The van der Waals surface area contributed by atoms with Gasteiger partial charge >= 0.3 is 0 Å². The Morgan fingerprint density at radius 3 is 1.50 bits per heavy atom. The molecule has 2 heteroatoms. The van der Waals surface area contributed by atoms with E-state index in [1.807, 2.05) is 30.3 Å². The second-order valence-corrected chi connectivity index (χ2v) is 11.5. The zero-order valence-corrected chi connectivity index (χ0v) is 25.1. The summed E-state index contributed by atoms with van der Waals surface area (Å²) < 4.78 is 0. The first-order chi connectivity index (χ1) is 22.7. The molecule has 0 aliphatic rings. The molecule has 0 atom stereocenters. The van der Waals surface area contributed by atoms with Crippen LogP contribution in [0.3, 0.4) is 0 Å². The molecule has 7 aromatic carbocycles. The van der Waals surface area contributed by atoms with E-state index in [-0.39, 0.29) is 0 Å². The predicted molar refractivity (Wildman–Crippen MR) is 191 cm³/mol. The van der Waals surface area contributed by atoms with Crippen LogP contribution in [-0.2, 0) is 0 Å². The maximum atomic E-state index is 9.65. The van der Waals surface area contributed by atoms with Crippen LogP contribution in [0.4, 0.5) is 0 Å². The highest BCUT2D eigenvalue weighted by molar-refractivity contribution is 6.16. The van der Waals surface area contributed by atoms with Crippen molar-refractivity contribution < 1.29 is 0 Å². The number of benzene rings is 7. The third kappa shape index (κ3) is 5.01. The van der Waals surface area contributed by atoms with Gasteiger partial charge in [-0.1, -0.05) is 146 Å². The van der Waals surface area contributed by atoms with Gasteiger partial charge in [0, 0.05) is 16.3 Å². The van der Waals surface area contributed by atoms with Crippen molar-refractivity contribution in [1.29, 1.82) is 5.26 Å². The first kappa shape index (κ1) is 27.3. The van der Waals surface area contributed by atoms with E-state index in [0.717, 1.165) is 55.2 Å². The number of nitrogens with zero attached hydrogens (tertiary/aromatic N) is 2. The van der Waals surface area contributed by atoms with Gasteiger partial charge in [-0.25, -0.2) is 4.98 Å². The van der Waals surface area contributed by atoms with Gasteiger partial charge in [0.2, 0.25) is 0 Å². The Morgan fingerprint density at radius 2 is 0.870 bits per heavy atom. The number of pyridine rings is 1. The Bertz CT molecular complexity index is 2380. The molecule has 1 aromatic heterocycles. The summed E-state index contributed by atoms with van der Waals surface area (Å²) in [4.78, 5) is 5.34. The Labute approximate surface area is 268 Å². The van der Waals surface area contributed by atoms with Gasteiger partial charge in [0.05, 0.1) is 22.8 Å². The zero-order valence-electron chi connectivity index (χ0n) is 25.1. The van der Waals surface area contributed by atoms with Crippen molar-refractivity contribution in [3.63, 3.8) is 0 Å². The number of fused-ring (bicyclic) bond motifs is 3. The average Bonchev–Trinajstić information content (AvgIpc) is 3.15. The van der Waals surface area contributed by atoms with Gasteiger partial charge in [0.15, 0.2) is 0 Å². The van der Waals surface area contributed by atoms with Crippen LogP contribution in [0, 0.1) is 11.3 Å². The number of rotatable bonds is 5. The molecule has 2 nitrogen and oxygen atoms in total. The summed E-state index contributed by atoms with van der Waals surface area (Å²) in [5, 5.41) is 12.9. The zero-order chi connectivity index (χ0) is 30.9. The van der Waals surface area contributed by atoms with Crippen LogP contribution in [0.2, 0.25) is 0 Å². The Kier molecular flexibility index (Phi) is 6.91. The number of hydrogen-bond donors (Lipinski definition) is 0. The third-order valence-corrected chi connectivity index (χ3v) is 8.71. The maximum Gasteiger partial charge on any atom is 0.0991 e. The fourth-order valence-electron chi connectivity index (χ4n) is 6.37. The van der Waals surface area contributed by atoms with E-state index in [2.05, 4.69) is 146 Å². The Balaban J connectivity index is 1.36. The van der Waals surface area contributed by atoms with Crippen molar-refractivity contribution in [2.75, 3.05) is 0 Å². The summed E-state index contributed by atoms with van der Waals surface area (Å²) in [6, 6.07) is 61.5. The molecule has 0 aliphatic carbocycles. The molecule has 0 aliphatic heterocycles. The van der Waals surface area contributed by atoms with Gasteiger partial charge in [-0.2, -0.15) is 5.26 Å². The van der Waals surface area contributed by atoms with Gasteiger partial charge in [0.25, 0.3) is 0 Å². The van der Waals surface area contributed by atoms with Crippen LogP contribution < -0.4 is 0 Å². The maximum absolute atomic E-state index is 9.65. The molecule has 0 unspecified atom stereocenters. The minimum absolute atomic E-state index is 0.644. The van der Waals surface area contributed by atoms with E-state index in [1.54, 1.807) is 0 Å². The van der Waals surface area contributed by atoms with Gasteiger partial charge in [-0.3, -0.25) is 0 Å². The molecule has 0 N–H and O–H groups in total. The second kappa shape index (κ2) is 11.7. The lowest BCUT2D eigenvalue weighted by Crippen LogP contribution is -1.94. The van der Waals surface area contributed by atoms with Gasteiger partial charge in [-0.15, -0.1) is 0 Å². The Hall–Kier alpha value is -6.30. The summed E-state index contributed by atoms with van der Waals surface area (Å²) >= 11 is 0. The fourth-order valence-corrected chi connectivity index (χ4v) is 6.37. The SMILES string of the molecule is N#Cc1cccc(-c2cc3c(-c4ccc(-c5ccccc5)cc4)cc(-c4ccc(-c5ccccc5)cc4)nc3c3ccccc23)c1. The van der Waals surface area contributed by atoms with E-state index in [4.69, 9.17) is 4.98 Å². The minimum Gasteiger partial charge on any atom is -0.247 e. The molecule has 46 heavy (non-hydrogen) atoms. The highest BCUT2D eigenvalue weighted by Crippen LogP contribution is 2.41. The van der Waals surface area contributed by atoms with Crippen molar-refractivity contribution in [3.05, 3.63) is 175 Å². The number of nitriles is 1. The molecule has 8 aromatic rings. The normalized spacial score (nSPS) is 11.0. The van der Waals surface area contributed by atoms with Crippen molar-refractivity contribution in [3.8, 4) is 61.8 Å². The molecule has 0 spiro atoms. The van der Waals surface area contributed by atoms with E-state index >= 15 is 0 Å². The van der Waals surface area contributed by atoms with Crippen LogP contribution in [0.25, 0.3) is 77.4 Å². The van der Waals surface area contributed by atoms with Crippen molar-refractivity contribution >= 4 is 21.7 Å². The molecule has 0 fully saturated rings. The van der Waals surface area contributed by atoms with E-state index in [1.165, 1.54) is 22.3 Å². The monoisotopic (exact) mass is 584 g/mol. The summed E-state index contributed by atoms with van der Waals surface area (Å²) in [6.45, 7) is 0. The van der Waals surface area contributed by atoms with Crippen LogP contribution >= 0.6 is 0 Å². The van der Waals surface area contributed by atoms with Gasteiger partial charge < -0.3 is 0 Å². The molecule has 214 valence electrons. The summed E-state index contributed by atoms with van der Waals surface area (Å²) in [7, 11) is 0. The van der Waals surface area contributed by atoms with Crippen LogP contribution in [0.5, 0.6) is 0 Å². The van der Waals surface area contributed by atoms with Gasteiger partial charge in [0.1, 0.15) is 0 Å². The topological polar surface area (TPSA) is 36.7 Å². The lowest BCUT2D eigenvalue weighted by atomic mass is 9.90. The molecule has 0 bridgehead atoms. The standard InChI is InChI=1S/C44H28N2/c45-29-30-10-9-15-37(26-30)40-27-42-41(35-22-18-33(19-23-35)31-11-3-1-4-12-31)28-43(46-44(42)39-17-8-7-16-38(39)40)36-24-20-34(21-25-36)32-13-5-2-6-14-32/h1-28H. The number of hydrogen-bond acceptors (Lipinski definition) is 2. The third-order valence-electron chi connectivity index (χ3n) is 8.71. The smallest absolute Gasteiger partial charge is 0.0991 e. The highest BCUT2D eigenvalue weighted by atomic mass is 14.7. The molecular weight excluding hydrogens is 556 g/mol.